The summed E-state index contributed by atoms with van der Waals surface area (Å²) in [5.41, 5.74) is 1.02. The van der Waals surface area contributed by atoms with E-state index in [2.05, 4.69) is 70.3 Å². The second-order valence-corrected chi connectivity index (χ2v) is 14.5. The monoisotopic (exact) mass is 430 g/mol. The Morgan fingerprint density at radius 1 is 1.19 bits per heavy atom. The van der Waals surface area contributed by atoms with Crippen molar-refractivity contribution in [2.45, 2.75) is 55.2 Å². The molecule has 0 aromatic heterocycles. The van der Waals surface area contributed by atoms with Crippen LogP contribution < -0.4 is 0 Å². The summed E-state index contributed by atoms with van der Waals surface area (Å²) in [6.45, 7) is 8.78. The van der Waals surface area contributed by atoms with Crippen molar-refractivity contribution < 1.29 is 4.43 Å². The molecule has 0 heterocycles. The smallest absolute Gasteiger partial charge is 0.185 e. The summed E-state index contributed by atoms with van der Waals surface area (Å²) < 4.78 is 6.01. The second kappa shape index (κ2) is 8.52. The zero-order valence-electron chi connectivity index (χ0n) is 13.2. The van der Waals surface area contributed by atoms with Crippen LogP contribution in [0.3, 0.4) is 0 Å². The van der Waals surface area contributed by atoms with Gasteiger partial charge in [-0.15, -0.1) is 0 Å². The Morgan fingerprint density at radius 3 is 2.33 bits per heavy atom. The topological polar surface area (TPSA) is 9.23 Å². The molecular formula is C17H24Br2OSi. The minimum Gasteiger partial charge on any atom is -0.402 e. The lowest BCUT2D eigenvalue weighted by Gasteiger charge is -2.32. The van der Waals surface area contributed by atoms with Crippen LogP contribution >= 0.6 is 31.9 Å². The lowest BCUT2D eigenvalue weighted by atomic mass is 10.1. The summed E-state index contributed by atoms with van der Waals surface area (Å²) in [5.74, 6) is 6.55. The summed E-state index contributed by atoms with van der Waals surface area (Å²) in [6.07, 6.45) is 3.12. The van der Waals surface area contributed by atoms with E-state index in [1.807, 2.05) is 30.3 Å². The van der Waals surface area contributed by atoms with Crippen molar-refractivity contribution in [2.24, 2.45) is 0 Å². The molecular weight excluding hydrogens is 408 g/mol. The minimum absolute atomic E-state index is 0.157. The Kier molecular flexibility index (Phi) is 7.70. The van der Waals surface area contributed by atoms with E-state index in [0.29, 0.717) is 0 Å². The molecule has 116 valence electrons. The molecule has 1 unspecified atom stereocenters. The lowest BCUT2D eigenvalue weighted by Crippen LogP contribution is -2.40. The van der Waals surface area contributed by atoms with Gasteiger partial charge in [-0.3, -0.25) is 0 Å². The van der Waals surface area contributed by atoms with Gasteiger partial charge < -0.3 is 4.43 Å². The van der Waals surface area contributed by atoms with Crippen LogP contribution in [0.2, 0.25) is 19.6 Å². The van der Waals surface area contributed by atoms with Crippen molar-refractivity contribution >= 4 is 40.2 Å². The van der Waals surface area contributed by atoms with Crippen LogP contribution in [0, 0.1) is 11.8 Å². The van der Waals surface area contributed by atoms with Gasteiger partial charge in [-0.2, -0.15) is 0 Å². The van der Waals surface area contributed by atoms with E-state index in [1.165, 1.54) is 0 Å². The van der Waals surface area contributed by atoms with E-state index >= 15 is 0 Å². The van der Waals surface area contributed by atoms with Gasteiger partial charge >= 0.3 is 0 Å². The molecule has 1 nitrogen and oxygen atoms in total. The highest BCUT2D eigenvalue weighted by Gasteiger charge is 2.36. The fourth-order valence-corrected chi connectivity index (χ4v) is 4.08. The number of hydrogen-bond acceptors (Lipinski definition) is 1. The Morgan fingerprint density at radius 2 is 1.81 bits per heavy atom. The third-order valence-electron chi connectivity index (χ3n) is 2.84. The zero-order valence-corrected chi connectivity index (χ0v) is 17.4. The molecule has 1 atom stereocenters. The molecule has 0 bridgehead atoms. The molecule has 0 saturated heterocycles. The zero-order chi connectivity index (χ0) is 15.9. The first-order chi connectivity index (χ1) is 9.74. The maximum absolute atomic E-state index is 6.29. The largest absolute Gasteiger partial charge is 0.402 e. The predicted octanol–water partition coefficient (Wildman–Crippen LogP) is 5.93. The number of benzene rings is 1. The summed E-state index contributed by atoms with van der Waals surface area (Å²) >= 11 is 7.57. The molecule has 1 rings (SSSR count). The molecule has 0 fully saturated rings. The van der Waals surface area contributed by atoms with E-state index < -0.39 is 8.32 Å². The van der Waals surface area contributed by atoms with Gasteiger partial charge in [0.25, 0.3) is 0 Å². The number of rotatable bonds is 6. The molecule has 21 heavy (non-hydrogen) atoms. The Bertz CT molecular complexity index is 483. The Labute approximate surface area is 147 Å². The third-order valence-corrected chi connectivity index (χ3v) is 5.41. The van der Waals surface area contributed by atoms with Crippen LogP contribution in [0.1, 0.15) is 31.7 Å². The lowest BCUT2D eigenvalue weighted by molar-refractivity contribution is 0.235. The van der Waals surface area contributed by atoms with Crippen molar-refractivity contribution in [2.75, 3.05) is 0 Å². The van der Waals surface area contributed by atoms with Crippen molar-refractivity contribution in [3.63, 3.8) is 0 Å². The first-order valence-electron chi connectivity index (χ1n) is 7.37. The highest BCUT2D eigenvalue weighted by molar-refractivity contribution is 9.25. The van der Waals surface area contributed by atoms with Crippen LogP contribution in [0.25, 0.3) is 0 Å². The maximum Gasteiger partial charge on any atom is 0.185 e. The molecule has 1 aromatic rings. The summed E-state index contributed by atoms with van der Waals surface area (Å²) in [7, 11) is -1.67. The van der Waals surface area contributed by atoms with Crippen molar-refractivity contribution in [1.29, 1.82) is 0 Å². The molecule has 0 aliphatic rings. The normalized spacial score (nSPS) is 13.4. The number of alkyl halides is 2. The molecule has 0 amide bonds. The van der Waals surface area contributed by atoms with Gasteiger partial charge in [-0.1, -0.05) is 81.7 Å². The number of unbranched alkanes of at least 4 members (excludes halogenated alkanes) is 1. The van der Waals surface area contributed by atoms with Crippen molar-refractivity contribution in [3.8, 4) is 11.8 Å². The van der Waals surface area contributed by atoms with Crippen molar-refractivity contribution in [3.05, 3.63) is 35.9 Å². The fraction of sp³-hybridized carbons (Fsp3) is 0.529. The summed E-state index contributed by atoms with van der Waals surface area (Å²) in [6, 6.07) is 10.1. The van der Waals surface area contributed by atoms with Crippen LogP contribution in [-0.4, -0.2) is 17.7 Å². The highest BCUT2D eigenvalue weighted by Crippen LogP contribution is 2.38. The third kappa shape index (κ3) is 7.65. The summed E-state index contributed by atoms with van der Waals surface area (Å²) in [5, 5.41) is 0. The highest BCUT2D eigenvalue weighted by atomic mass is 79.9. The van der Waals surface area contributed by atoms with E-state index in [-0.39, 0.29) is 9.34 Å². The van der Waals surface area contributed by atoms with Crippen LogP contribution in [-0.2, 0) is 4.43 Å². The number of hydrogen-bond donors (Lipinski definition) is 0. The SMILES string of the molecule is CCCCC(Br)(Br)C(C#Cc1ccccc1)O[Si](C)(C)C. The molecule has 0 aliphatic carbocycles. The molecule has 0 saturated carbocycles. The molecule has 4 heteroatoms. The van der Waals surface area contributed by atoms with Gasteiger partial charge in [0.15, 0.2) is 8.32 Å². The van der Waals surface area contributed by atoms with Gasteiger partial charge in [0.05, 0.1) is 0 Å². The molecule has 0 radical (unpaired) electrons. The standard InChI is InChI=1S/C17H24Br2OSi/c1-5-6-14-17(18,19)16(20-21(2,3)4)13-12-15-10-8-7-9-11-15/h7-11,16H,5-6,14H2,1-4H3. The van der Waals surface area contributed by atoms with Crippen LogP contribution in [0.4, 0.5) is 0 Å². The quantitative estimate of drug-likeness (QED) is 0.308. The first-order valence-corrected chi connectivity index (χ1v) is 12.4. The van der Waals surface area contributed by atoms with Gasteiger partial charge in [0, 0.05) is 5.56 Å². The Hall–Kier alpha value is -0.0831. The van der Waals surface area contributed by atoms with Gasteiger partial charge in [-0.05, 0) is 38.2 Å². The minimum atomic E-state index is -1.67. The fourth-order valence-electron chi connectivity index (χ4n) is 1.79. The molecule has 0 aliphatic heterocycles. The van der Waals surface area contributed by atoms with E-state index in [4.69, 9.17) is 4.43 Å². The van der Waals surface area contributed by atoms with Crippen LogP contribution in [0.15, 0.2) is 30.3 Å². The van der Waals surface area contributed by atoms with Gasteiger partial charge in [0.1, 0.15) is 9.34 Å². The summed E-state index contributed by atoms with van der Waals surface area (Å²) in [4.78, 5) is 0. The maximum atomic E-state index is 6.29. The van der Waals surface area contributed by atoms with Crippen molar-refractivity contribution in [1.82, 2.24) is 0 Å². The van der Waals surface area contributed by atoms with Gasteiger partial charge in [0.2, 0.25) is 0 Å². The second-order valence-electron chi connectivity index (χ2n) is 6.11. The molecule has 0 spiro atoms. The van der Waals surface area contributed by atoms with Gasteiger partial charge in [-0.25, -0.2) is 0 Å². The Balaban J connectivity index is 2.95. The van der Waals surface area contributed by atoms with E-state index in [9.17, 15) is 0 Å². The molecule has 1 aromatic carbocycles. The average molecular weight is 432 g/mol. The van der Waals surface area contributed by atoms with Crippen LogP contribution in [0.5, 0.6) is 0 Å². The number of halogens is 2. The first kappa shape index (κ1) is 19.0. The van der Waals surface area contributed by atoms with E-state index in [1.54, 1.807) is 0 Å². The molecule has 0 N–H and O–H groups in total. The average Bonchev–Trinajstić information content (AvgIpc) is 2.41. The van der Waals surface area contributed by atoms with E-state index in [0.717, 1.165) is 24.8 Å². The predicted molar refractivity (Wildman–Crippen MR) is 102 cm³/mol.